The third-order valence-electron chi connectivity index (χ3n) is 8.68. The van der Waals surface area contributed by atoms with Gasteiger partial charge in [-0.2, -0.15) is 0 Å². The van der Waals surface area contributed by atoms with Crippen LogP contribution in [-0.2, 0) is 16.1 Å². The maximum Gasteiger partial charge on any atom is 0.220 e. The van der Waals surface area contributed by atoms with Gasteiger partial charge in [0.1, 0.15) is 11.6 Å². The molecule has 10 nitrogen and oxygen atoms in total. The third-order valence-corrected chi connectivity index (χ3v) is 9.12. The van der Waals surface area contributed by atoms with E-state index in [1.165, 1.54) is 0 Å². The van der Waals surface area contributed by atoms with Crippen molar-refractivity contribution >= 4 is 34.9 Å². The lowest BCUT2D eigenvalue weighted by Crippen LogP contribution is -2.37. The van der Waals surface area contributed by atoms with Crippen LogP contribution in [0, 0.1) is 5.92 Å². The van der Waals surface area contributed by atoms with Gasteiger partial charge in [0.15, 0.2) is 6.29 Å². The summed E-state index contributed by atoms with van der Waals surface area (Å²) in [5, 5.41) is 14.0. The van der Waals surface area contributed by atoms with E-state index in [0.717, 1.165) is 101 Å². The lowest BCUT2D eigenvalue weighted by molar-refractivity contribution is -0.119. The molecule has 0 aliphatic carbocycles. The number of halogens is 2. The maximum atomic E-state index is 11.3. The quantitative estimate of drug-likeness (QED) is 0.215. The Hall–Kier alpha value is -2.99. The zero-order valence-corrected chi connectivity index (χ0v) is 28.8. The van der Waals surface area contributed by atoms with Crippen LogP contribution in [0.4, 0.5) is 5.82 Å². The van der Waals surface area contributed by atoms with Crippen LogP contribution in [0.1, 0.15) is 45.1 Å². The molecule has 5 rings (SSSR count). The lowest BCUT2D eigenvalue weighted by atomic mass is 9.96. The second kappa shape index (κ2) is 17.4. The van der Waals surface area contributed by atoms with Crippen LogP contribution in [0.3, 0.4) is 0 Å². The molecular weight excluding hydrogens is 639 g/mol. The summed E-state index contributed by atoms with van der Waals surface area (Å²) in [4.78, 5) is 28.0. The fraction of sp³-hybridized carbons (Fsp3) is 0.514. The van der Waals surface area contributed by atoms with E-state index in [4.69, 9.17) is 42.6 Å². The van der Waals surface area contributed by atoms with Crippen LogP contribution >= 0.6 is 23.2 Å². The molecule has 2 aliphatic heterocycles. The molecule has 2 aromatic heterocycles. The number of benzene rings is 1. The number of aliphatic hydroxyl groups excluding tert-OH is 1. The van der Waals surface area contributed by atoms with Crippen molar-refractivity contribution in [3.8, 4) is 22.9 Å². The Bertz CT molecular complexity index is 1430. The van der Waals surface area contributed by atoms with Crippen LogP contribution in [0.25, 0.3) is 11.3 Å². The summed E-state index contributed by atoms with van der Waals surface area (Å²) < 4.78 is 11.6. The zero-order chi connectivity index (χ0) is 33.2. The molecule has 2 aliphatic rings. The van der Waals surface area contributed by atoms with E-state index in [9.17, 15) is 9.90 Å². The largest absolute Gasteiger partial charge is 0.437 e. The van der Waals surface area contributed by atoms with Gasteiger partial charge in [-0.15, -0.1) is 0 Å². The molecule has 1 unspecified atom stereocenters. The van der Waals surface area contributed by atoms with Gasteiger partial charge in [0.2, 0.25) is 11.8 Å². The van der Waals surface area contributed by atoms with Crippen molar-refractivity contribution in [1.29, 1.82) is 0 Å². The molecule has 1 atom stereocenters. The number of nitrogens with zero attached hydrogens (tertiary/aromatic N) is 5. The number of hydrogen-bond donors (Lipinski definition) is 2. The number of pyridine rings is 2. The van der Waals surface area contributed by atoms with E-state index < -0.39 is 6.29 Å². The van der Waals surface area contributed by atoms with E-state index in [1.807, 2.05) is 37.3 Å². The molecule has 12 heteroatoms. The number of amides is 1. The molecule has 3 aromatic rings. The molecule has 2 saturated heterocycles. The molecule has 1 aromatic carbocycles. The number of ether oxygens (including phenoxy) is 2. The summed E-state index contributed by atoms with van der Waals surface area (Å²) in [6, 6.07) is 13.4. The van der Waals surface area contributed by atoms with Gasteiger partial charge >= 0.3 is 0 Å². The minimum absolute atomic E-state index is 0.0236. The number of aromatic nitrogens is 2. The highest BCUT2D eigenvalue weighted by Gasteiger charge is 2.21. The number of anilines is 1. The SMILES string of the molecule is CCOC(O)CCN1CCCN(c2ccc(Oc3cc(CN4CCC(CNC(C)=O)CC4)cc(-c4cc(Cl)cc(Cl)c4)n3)cn2)CC1. The molecular formula is C35H46Cl2N6O4. The van der Waals surface area contributed by atoms with E-state index in [-0.39, 0.29) is 5.91 Å². The van der Waals surface area contributed by atoms with Crippen molar-refractivity contribution in [1.82, 2.24) is 25.1 Å². The Morgan fingerprint density at radius 1 is 1.02 bits per heavy atom. The number of likely N-dealkylation sites (tertiary alicyclic amines) is 1. The van der Waals surface area contributed by atoms with Crippen molar-refractivity contribution in [2.24, 2.45) is 5.92 Å². The van der Waals surface area contributed by atoms with Gasteiger partial charge in [-0.1, -0.05) is 23.2 Å². The molecule has 1 amide bonds. The number of piperidine rings is 1. The van der Waals surface area contributed by atoms with Gasteiger partial charge in [-0.25, -0.2) is 9.97 Å². The average molecular weight is 686 g/mol. The summed E-state index contributed by atoms with van der Waals surface area (Å²) in [7, 11) is 0. The molecule has 0 spiro atoms. The monoisotopic (exact) mass is 684 g/mol. The minimum atomic E-state index is -0.706. The normalized spacial score (nSPS) is 17.3. The standard InChI is InChI=1S/C35H46Cl2N6O4/c1-3-46-35(45)9-14-41-10-4-11-43(16-15-41)33-6-5-31(23-39-33)47-34-18-27(17-32(40-34)28-19-29(36)21-30(37)20-28)24-42-12-7-26(8-13-42)22-38-25(2)44/h5-6,17-21,23,26,35,45H,3-4,7-16,22,24H2,1-2H3,(H,38,44). The summed E-state index contributed by atoms with van der Waals surface area (Å²) in [6.07, 6.45) is 4.75. The molecule has 0 saturated carbocycles. The Morgan fingerprint density at radius 2 is 1.81 bits per heavy atom. The van der Waals surface area contributed by atoms with Crippen LogP contribution in [0.2, 0.25) is 10.0 Å². The van der Waals surface area contributed by atoms with E-state index in [0.29, 0.717) is 40.6 Å². The first-order valence-electron chi connectivity index (χ1n) is 16.6. The minimum Gasteiger partial charge on any atom is -0.437 e. The highest BCUT2D eigenvalue weighted by molar-refractivity contribution is 6.35. The number of carbonyl (C=O) groups excluding carboxylic acids is 1. The topological polar surface area (TPSA) is 103 Å². The van der Waals surface area contributed by atoms with Crippen molar-refractivity contribution < 1.29 is 19.4 Å². The van der Waals surface area contributed by atoms with Crippen molar-refractivity contribution in [2.45, 2.75) is 52.4 Å². The smallest absolute Gasteiger partial charge is 0.220 e. The fourth-order valence-corrected chi connectivity index (χ4v) is 6.71. The Kier molecular flexibility index (Phi) is 13.1. The van der Waals surface area contributed by atoms with Crippen molar-refractivity contribution in [2.75, 3.05) is 63.9 Å². The number of nitrogens with one attached hydrogen (secondary N) is 1. The molecule has 254 valence electrons. The van der Waals surface area contributed by atoms with Gasteiger partial charge in [0.05, 0.1) is 11.9 Å². The number of hydrogen-bond acceptors (Lipinski definition) is 9. The Labute approximate surface area is 288 Å². The maximum absolute atomic E-state index is 11.3. The van der Waals surface area contributed by atoms with Gasteiger partial charge in [-0.05, 0) is 93.7 Å². The molecule has 0 radical (unpaired) electrons. The van der Waals surface area contributed by atoms with Crippen LogP contribution < -0.4 is 15.0 Å². The van der Waals surface area contributed by atoms with Gasteiger partial charge in [-0.3, -0.25) is 9.69 Å². The van der Waals surface area contributed by atoms with E-state index >= 15 is 0 Å². The summed E-state index contributed by atoms with van der Waals surface area (Å²) >= 11 is 12.7. The molecule has 47 heavy (non-hydrogen) atoms. The van der Waals surface area contributed by atoms with Crippen LogP contribution in [0.15, 0.2) is 48.7 Å². The molecule has 0 bridgehead atoms. The predicted molar refractivity (Wildman–Crippen MR) is 186 cm³/mol. The first kappa shape index (κ1) is 35.3. The number of carbonyl (C=O) groups is 1. The van der Waals surface area contributed by atoms with Crippen LogP contribution in [-0.4, -0.2) is 96.0 Å². The average Bonchev–Trinajstić information content (AvgIpc) is 3.29. The second-order valence-corrected chi connectivity index (χ2v) is 13.2. The highest BCUT2D eigenvalue weighted by atomic mass is 35.5. The van der Waals surface area contributed by atoms with E-state index in [1.54, 1.807) is 19.2 Å². The molecule has 2 N–H and O–H groups in total. The van der Waals surface area contributed by atoms with Gasteiger partial charge in [0, 0.05) is 80.9 Å². The van der Waals surface area contributed by atoms with Gasteiger partial charge < -0.3 is 29.7 Å². The summed E-state index contributed by atoms with van der Waals surface area (Å²) in [5.41, 5.74) is 2.63. The Morgan fingerprint density at radius 3 is 2.51 bits per heavy atom. The van der Waals surface area contributed by atoms with Crippen molar-refractivity contribution in [3.63, 3.8) is 0 Å². The number of aliphatic hydroxyl groups is 1. The van der Waals surface area contributed by atoms with Crippen molar-refractivity contribution in [3.05, 3.63) is 64.3 Å². The predicted octanol–water partition coefficient (Wildman–Crippen LogP) is 5.85. The third kappa shape index (κ3) is 11.0. The highest BCUT2D eigenvalue weighted by Crippen LogP contribution is 2.31. The second-order valence-electron chi connectivity index (χ2n) is 12.3. The lowest BCUT2D eigenvalue weighted by Gasteiger charge is -2.32. The van der Waals surface area contributed by atoms with Gasteiger partial charge in [0.25, 0.3) is 0 Å². The zero-order valence-electron chi connectivity index (χ0n) is 27.3. The fourth-order valence-electron chi connectivity index (χ4n) is 6.18. The molecule has 4 heterocycles. The summed E-state index contributed by atoms with van der Waals surface area (Å²) in [6.45, 7) is 11.8. The van der Waals surface area contributed by atoms with E-state index in [2.05, 4.69) is 26.1 Å². The van der Waals surface area contributed by atoms with Crippen LogP contribution in [0.5, 0.6) is 11.6 Å². The molecule has 2 fully saturated rings. The summed E-state index contributed by atoms with van der Waals surface area (Å²) in [5.74, 6) is 2.51. The number of rotatable bonds is 13. The first-order chi connectivity index (χ1) is 22.7. The first-order valence-corrected chi connectivity index (χ1v) is 17.3. The Balaban J connectivity index is 1.25.